The Morgan fingerprint density at radius 1 is 1.06 bits per heavy atom. The fourth-order valence-electron chi connectivity index (χ4n) is 1.62. The molecular weight excluding hydrogens is 228 g/mol. The Balaban J connectivity index is 2.36. The van der Waals surface area contributed by atoms with Gasteiger partial charge in [-0.05, 0) is 38.1 Å². The first kappa shape index (κ1) is 11.9. The highest BCUT2D eigenvalue weighted by molar-refractivity contribution is 7.99. The first-order valence-electron chi connectivity index (χ1n) is 5.51. The Labute approximate surface area is 106 Å². The number of Topliss-reactive ketones (excluding diaryl/α,β-unsaturated/α-hetero) is 1. The summed E-state index contributed by atoms with van der Waals surface area (Å²) < 4.78 is 0. The molecule has 0 aromatic heterocycles. The van der Waals surface area contributed by atoms with E-state index in [1.54, 1.807) is 18.7 Å². The van der Waals surface area contributed by atoms with E-state index in [2.05, 4.69) is 12.1 Å². The van der Waals surface area contributed by atoms with Crippen molar-refractivity contribution >= 4 is 17.5 Å². The molecule has 0 bridgehead atoms. The maximum atomic E-state index is 11.6. The Kier molecular flexibility index (Phi) is 3.64. The molecule has 0 N–H and O–H groups in total. The van der Waals surface area contributed by atoms with E-state index in [0.717, 1.165) is 20.9 Å². The minimum absolute atomic E-state index is 0.118. The average molecular weight is 242 g/mol. The molecule has 0 fully saturated rings. The number of carbonyl (C=O) groups excluding carboxylic acids is 1. The quantitative estimate of drug-likeness (QED) is 0.744. The first-order valence-corrected chi connectivity index (χ1v) is 6.33. The molecule has 0 aliphatic rings. The molecule has 2 rings (SSSR count). The fourth-order valence-corrected chi connectivity index (χ4v) is 2.62. The topological polar surface area (TPSA) is 17.1 Å². The second-order valence-corrected chi connectivity index (χ2v) is 5.09. The molecule has 0 saturated heterocycles. The second kappa shape index (κ2) is 5.19. The van der Waals surface area contributed by atoms with E-state index < -0.39 is 0 Å². The summed E-state index contributed by atoms with van der Waals surface area (Å²) in [5.74, 6) is 0.118. The smallest absolute Gasteiger partial charge is 0.160 e. The summed E-state index contributed by atoms with van der Waals surface area (Å²) in [7, 11) is 0. The van der Waals surface area contributed by atoms with E-state index >= 15 is 0 Å². The van der Waals surface area contributed by atoms with E-state index in [4.69, 9.17) is 0 Å². The molecule has 1 nitrogen and oxygen atoms in total. The van der Waals surface area contributed by atoms with Gasteiger partial charge in [0.1, 0.15) is 0 Å². The molecule has 0 saturated carbocycles. The van der Waals surface area contributed by atoms with Crippen LogP contribution in [-0.2, 0) is 0 Å². The number of rotatable bonds is 3. The van der Waals surface area contributed by atoms with Crippen LogP contribution in [-0.4, -0.2) is 5.78 Å². The van der Waals surface area contributed by atoms with Crippen molar-refractivity contribution in [2.75, 3.05) is 0 Å². The number of benzene rings is 2. The van der Waals surface area contributed by atoms with Crippen LogP contribution in [0.25, 0.3) is 0 Å². The van der Waals surface area contributed by atoms with Crippen LogP contribution in [0.2, 0.25) is 0 Å². The fraction of sp³-hybridized carbons (Fsp3) is 0.133. The highest BCUT2D eigenvalue weighted by Gasteiger charge is 2.08. The maximum Gasteiger partial charge on any atom is 0.160 e. The molecule has 2 aromatic rings. The molecule has 0 aliphatic heterocycles. The van der Waals surface area contributed by atoms with E-state index in [-0.39, 0.29) is 5.78 Å². The SMILES string of the molecule is CC(=O)c1cc(C)ccc1Sc1ccccc1. The average Bonchev–Trinajstić information content (AvgIpc) is 2.32. The molecule has 0 amide bonds. The molecule has 2 heteroatoms. The Morgan fingerprint density at radius 3 is 2.41 bits per heavy atom. The van der Waals surface area contributed by atoms with Gasteiger partial charge in [-0.1, -0.05) is 41.6 Å². The molecule has 17 heavy (non-hydrogen) atoms. The number of hydrogen-bond acceptors (Lipinski definition) is 2. The molecule has 0 heterocycles. The summed E-state index contributed by atoms with van der Waals surface area (Å²) in [5, 5.41) is 0. The van der Waals surface area contributed by atoms with Crippen molar-refractivity contribution in [1.82, 2.24) is 0 Å². The largest absolute Gasteiger partial charge is 0.294 e. The van der Waals surface area contributed by atoms with Crippen molar-refractivity contribution in [3.05, 3.63) is 59.7 Å². The van der Waals surface area contributed by atoms with Gasteiger partial charge < -0.3 is 0 Å². The maximum absolute atomic E-state index is 11.6. The summed E-state index contributed by atoms with van der Waals surface area (Å²) >= 11 is 1.63. The lowest BCUT2D eigenvalue weighted by molar-refractivity contribution is 0.101. The van der Waals surface area contributed by atoms with Crippen LogP contribution in [0.3, 0.4) is 0 Å². The molecular formula is C15H14OS. The predicted octanol–water partition coefficient (Wildman–Crippen LogP) is 4.35. The van der Waals surface area contributed by atoms with Crippen LogP contribution < -0.4 is 0 Å². The lowest BCUT2D eigenvalue weighted by atomic mass is 10.1. The van der Waals surface area contributed by atoms with Crippen molar-refractivity contribution < 1.29 is 4.79 Å². The van der Waals surface area contributed by atoms with Crippen LogP contribution >= 0.6 is 11.8 Å². The molecule has 0 radical (unpaired) electrons. The highest BCUT2D eigenvalue weighted by atomic mass is 32.2. The zero-order chi connectivity index (χ0) is 12.3. The van der Waals surface area contributed by atoms with Crippen LogP contribution in [0, 0.1) is 6.92 Å². The van der Waals surface area contributed by atoms with Gasteiger partial charge >= 0.3 is 0 Å². The number of aryl methyl sites for hydroxylation is 1. The van der Waals surface area contributed by atoms with Gasteiger partial charge in [0.2, 0.25) is 0 Å². The highest BCUT2D eigenvalue weighted by Crippen LogP contribution is 2.31. The van der Waals surface area contributed by atoms with Crippen molar-refractivity contribution in [1.29, 1.82) is 0 Å². The van der Waals surface area contributed by atoms with Crippen molar-refractivity contribution in [3.8, 4) is 0 Å². The van der Waals surface area contributed by atoms with Crippen LogP contribution in [0.1, 0.15) is 22.8 Å². The van der Waals surface area contributed by atoms with Crippen LogP contribution in [0.5, 0.6) is 0 Å². The molecule has 0 unspecified atom stereocenters. The van der Waals surface area contributed by atoms with Gasteiger partial charge in [0.15, 0.2) is 5.78 Å². The Bertz CT molecular complexity index is 532. The van der Waals surface area contributed by atoms with E-state index in [0.29, 0.717) is 0 Å². The number of ketones is 1. The molecule has 2 aromatic carbocycles. The van der Waals surface area contributed by atoms with Gasteiger partial charge in [-0.3, -0.25) is 4.79 Å². The monoisotopic (exact) mass is 242 g/mol. The molecule has 86 valence electrons. The summed E-state index contributed by atoms with van der Waals surface area (Å²) in [6.07, 6.45) is 0. The van der Waals surface area contributed by atoms with Crippen molar-refractivity contribution in [2.45, 2.75) is 23.6 Å². The van der Waals surface area contributed by atoms with Crippen LogP contribution in [0.15, 0.2) is 58.3 Å². The van der Waals surface area contributed by atoms with Gasteiger partial charge in [0.05, 0.1) is 0 Å². The molecule has 0 aliphatic carbocycles. The minimum Gasteiger partial charge on any atom is -0.294 e. The predicted molar refractivity (Wildman–Crippen MR) is 71.7 cm³/mol. The van der Waals surface area contributed by atoms with Crippen LogP contribution in [0.4, 0.5) is 0 Å². The summed E-state index contributed by atoms with van der Waals surface area (Å²) in [6, 6.07) is 16.1. The van der Waals surface area contributed by atoms with E-state index in [1.807, 2.05) is 43.3 Å². The minimum atomic E-state index is 0.118. The van der Waals surface area contributed by atoms with Gasteiger partial charge in [-0.25, -0.2) is 0 Å². The summed E-state index contributed by atoms with van der Waals surface area (Å²) in [5.41, 5.74) is 1.92. The van der Waals surface area contributed by atoms with E-state index in [1.165, 1.54) is 0 Å². The third-order valence-electron chi connectivity index (χ3n) is 2.49. The second-order valence-electron chi connectivity index (χ2n) is 3.97. The number of hydrogen-bond donors (Lipinski definition) is 0. The molecule has 0 atom stereocenters. The lowest BCUT2D eigenvalue weighted by Crippen LogP contribution is -1.95. The van der Waals surface area contributed by atoms with Crippen molar-refractivity contribution in [2.24, 2.45) is 0 Å². The van der Waals surface area contributed by atoms with E-state index in [9.17, 15) is 4.79 Å². The molecule has 0 spiro atoms. The number of carbonyl (C=O) groups is 1. The normalized spacial score (nSPS) is 10.2. The zero-order valence-electron chi connectivity index (χ0n) is 9.94. The first-order chi connectivity index (χ1) is 8.16. The standard InChI is InChI=1S/C15H14OS/c1-11-8-9-15(14(10-11)12(2)16)17-13-6-4-3-5-7-13/h3-10H,1-2H3. The van der Waals surface area contributed by atoms with Gasteiger partial charge in [0.25, 0.3) is 0 Å². The van der Waals surface area contributed by atoms with Gasteiger partial charge in [-0.2, -0.15) is 0 Å². The summed E-state index contributed by atoms with van der Waals surface area (Å²) in [4.78, 5) is 13.8. The Hall–Kier alpha value is -1.54. The lowest BCUT2D eigenvalue weighted by Gasteiger charge is -2.07. The van der Waals surface area contributed by atoms with Crippen molar-refractivity contribution in [3.63, 3.8) is 0 Å². The zero-order valence-corrected chi connectivity index (χ0v) is 10.8. The third kappa shape index (κ3) is 2.98. The van der Waals surface area contributed by atoms with Gasteiger partial charge in [-0.15, -0.1) is 0 Å². The summed E-state index contributed by atoms with van der Waals surface area (Å²) in [6.45, 7) is 3.62. The van der Waals surface area contributed by atoms with Gasteiger partial charge in [0, 0.05) is 15.4 Å². The third-order valence-corrected chi connectivity index (χ3v) is 3.57. The Morgan fingerprint density at radius 2 is 1.76 bits per heavy atom.